The third kappa shape index (κ3) is 4.97. The topological polar surface area (TPSA) is 57.2 Å². The van der Waals surface area contributed by atoms with Crippen molar-refractivity contribution in [2.45, 2.75) is 63.7 Å². The van der Waals surface area contributed by atoms with Gasteiger partial charge in [-0.2, -0.15) is 0 Å². The molecule has 2 aliphatic carbocycles. The van der Waals surface area contributed by atoms with Crippen molar-refractivity contribution >= 4 is 29.1 Å². The summed E-state index contributed by atoms with van der Waals surface area (Å²) in [6.45, 7) is 7.98. The number of anilines is 3. The van der Waals surface area contributed by atoms with Crippen molar-refractivity contribution in [1.29, 1.82) is 0 Å². The molecule has 4 fully saturated rings. The molecule has 2 aliphatic heterocycles. The highest BCUT2D eigenvalue weighted by molar-refractivity contribution is 6.34. The number of halogens is 1. The molecule has 0 radical (unpaired) electrons. The summed E-state index contributed by atoms with van der Waals surface area (Å²) in [6, 6.07) is 2.17. The van der Waals surface area contributed by atoms with Gasteiger partial charge in [0.2, 0.25) is 0 Å². The van der Waals surface area contributed by atoms with Crippen molar-refractivity contribution in [3.05, 3.63) is 34.7 Å². The van der Waals surface area contributed by atoms with Gasteiger partial charge in [0.1, 0.15) is 17.5 Å². The fraction of sp³-hybridized carbons (Fsp3) is 0.654. The van der Waals surface area contributed by atoms with Gasteiger partial charge in [-0.05, 0) is 87.4 Å². The highest BCUT2D eigenvalue weighted by Gasteiger charge is 2.31. The first kappa shape index (κ1) is 21.6. The van der Waals surface area contributed by atoms with Gasteiger partial charge >= 0.3 is 0 Å². The van der Waals surface area contributed by atoms with Crippen molar-refractivity contribution in [2.24, 2.45) is 11.8 Å². The summed E-state index contributed by atoms with van der Waals surface area (Å²) in [5.41, 5.74) is 2.35. The molecular weight excluding hydrogens is 432 g/mol. The van der Waals surface area contributed by atoms with Crippen LogP contribution in [-0.2, 0) is 0 Å². The van der Waals surface area contributed by atoms with Gasteiger partial charge in [0.05, 0.1) is 23.1 Å². The van der Waals surface area contributed by atoms with E-state index in [1.54, 1.807) is 0 Å². The highest BCUT2D eigenvalue weighted by atomic mass is 35.5. The third-order valence-electron chi connectivity index (χ3n) is 7.86. The largest absolute Gasteiger partial charge is 0.355 e. The molecule has 0 amide bonds. The molecule has 4 aliphatic rings. The van der Waals surface area contributed by atoms with E-state index in [1.807, 2.05) is 12.4 Å². The molecule has 1 atom stereocenters. The van der Waals surface area contributed by atoms with Gasteiger partial charge in [0.15, 0.2) is 0 Å². The molecule has 2 aromatic heterocycles. The van der Waals surface area contributed by atoms with E-state index in [1.165, 1.54) is 70.1 Å². The van der Waals surface area contributed by atoms with Crippen molar-refractivity contribution in [2.75, 3.05) is 42.9 Å². The predicted molar refractivity (Wildman–Crippen MR) is 134 cm³/mol. The number of piperidine rings is 1. The van der Waals surface area contributed by atoms with Crippen LogP contribution < -0.4 is 10.2 Å². The zero-order chi connectivity index (χ0) is 22.4. The minimum atomic E-state index is 0.485. The van der Waals surface area contributed by atoms with Crippen LogP contribution in [0.5, 0.6) is 0 Å². The van der Waals surface area contributed by atoms with E-state index in [4.69, 9.17) is 16.6 Å². The van der Waals surface area contributed by atoms with Crippen LogP contribution in [0.25, 0.3) is 0 Å². The van der Waals surface area contributed by atoms with Crippen molar-refractivity contribution in [3.8, 4) is 0 Å². The van der Waals surface area contributed by atoms with Crippen LogP contribution in [0.1, 0.15) is 75.0 Å². The Labute approximate surface area is 202 Å². The Balaban J connectivity index is 1.25. The second-order valence-corrected chi connectivity index (χ2v) is 11.2. The maximum atomic E-state index is 7.06. The first-order valence-electron chi connectivity index (χ1n) is 12.9. The minimum absolute atomic E-state index is 0.485. The van der Waals surface area contributed by atoms with Gasteiger partial charge in [-0.15, -0.1) is 0 Å². The van der Waals surface area contributed by atoms with Gasteiger partial charge in [-0.25, -0.2) is 9.97 Å². The molecule has 7 heteroatoms. The lowest BCUT2D eigenvalue weighted by atomic mass is 9.89. The van der Waals surface area contributed by atoms with Crippen LogP contribution in [0.15, 0.2) is 18.5 Å². The van der Waals surface area contributed by atoms with Gasteiger partial charge in [-0.1, -0.05) is 18.5 Å². The van der Waals surface area contributed by atoms with E-state index in [0.29, 0.717) is 17.8 Å². The van der Waals surface area contributed by atoms with Gasteiger partial charge in [0, 0.05) is 25.6 Å². The van der Waals surface area contributed by atoms with Crippen LogP contribution in [0.4, 0.5) is 17.5 Å². The summed E-state index contributed by atoms with van der Waals surface area (Å²) in [5, 5.41) is 4.29. The molecule has 1 unspecified atom stereocenters. The monoisotopic (exact) mass is 466 g/mol. The molecular formula is C26H35ClN6. The van der Waals surface area contributed by atoms with Crippen LogP contribution >= 0.6 is 11.6 Å². The number of rotatable bonds is 7. The van der Waals surface area contributed by atoms with Gasteiger partial charge < -0.3 is 15.1 Å². The zero-order valence-electron chi connectivity index (χ0n) is 19.6. The van der Waals surface area contributed by atoms with Crippen molar-refractivity contribution in [3.63, 3.8) is 0 Å². The predicted octanol–water partition coefficient (Wildman–Crippen LogP) is 5.58. The molecule has 4 heterocycles. The minimum Gasteiger partial charge on any atom is -0.355 e. The van der Waals surface area contributed by atoms with E-state index in [-0.39, 0.29) is 0 Å². The Bertz CT molecular complexity index is 979. The molecule has 0 spiro atoms. The molecule has 33 heavy (non-hydrogen) atoms. The summed E-state index contributed by atoms with van der Waals surface area (Å²) in [4.78, 5) is 19.2. The number of hydrogen-bond acceptors (Lipinski definition) is 6. The Morgan fingerprint density at radius 1 is 0.939 bits per heavy atom. The van der Waals surface area contributed by atoms with Crippen LogP contribution in [-0.4, -0.2) is 52.6 Å². The zero-order valence-corrected chi connectivity index (χ0v) is 20.4. The number of likely N-dealkylation sites (tertiary alicyclic amines) is 1. The van der Waals surface area contributed by atoms with Crippen molar-refractivity contribution in [1.82, 2.24) is 19.9 Å². The second-order valence-electron chi connectivity index (χ2n) is 10.8. The molecule has 2 saturated carbocycles. The lowest BCUT2D eigenvalue weighted by Crippen LogP contribution is -2.34. The molecule has 176 valence electrons. The molecule has 2 saturated heterocycles. The van der Waals surface area contributed by atoms with E-state index in [2.05, 4.69) is 38.1 Å². The van der Waals surface area contributed by atoms with Gasteiger partial charge in [0.25, 0.3) is 0 Å². The Kier molecular flexibility index (Phi) is 5.91. The number of aromatic nitrogens is 3. The highest BCUT2D eigenvalue weighted by Crippen LogP contribution is 2.41. The van der Waals surface area contributed by atoms with E-state index in [0.717, 1.165) is 47.2 Å². The molecule has 6 nitrogen and oxygen atoms in total. The fourth-order valence-electron chi connectivity index (χ4n) is 5.45. The fourth-order valence-corrected chi connectivity index (χ4v) is 5.82. The average Bonchev–Trinajstić information content (AvgIpc) is 3.76. The molecule has 6 rings (SSSR count). The summed E-state index contributed by atoms with van der Waals surface area (Å²) < 4.78 is 0. The summed E-state index contributed by atoms with van der Waals surface area (Å²) in [6.07, 6.45) is 12.6. The number of hydrogen-bond donors (Lipinski definition) is 1. The van der Waals surface area contributed by atoms with E-state index < -0.39 is 0 Å². The quantitative estimate of drug-likeness (QED) is 0.574. The molecule has 0 aromatic carbocycles. The Morgan fingerprint density at radius 2 is 1.76 bits per heavy atom. The first-order chi connectivity index (χ1) is 16.1. The maximum Gasteiger partial charge on any atom is 0.150 e. The summed E-state index contributed by atoms with van der Waals surface area (Å²) in [7, 11) is 0. The third-order valence-corrected chi connectivity index (χ3v) is 8.24. The average molecular weight is 467 g/mol. The van der Waals surface area contributed by atoms with Crippen LogP contribution in [0, 0.1) is 11.8 Å². The lowest BCUT2D eigenvalue weighted by Gasteiger charge is -2.33. The lowest BCUT2D eigenvalue weighted by molar-refractivity contribution is 0.205. The van der Waals surface area contributed by atoms with E-state index in [9.17, 15) is 0 Å². The molecule has 0 bridgehead atoms. The molecule has 2 aromatic rings. The van der Waals surface area contributed by atoms with Crippen molar-refractivity contribution < 1.29 is 0 Å². The first-order valence-corrected chi connectivity index (χ1v) is 13.3. The standard InChI is InChI=1S/C26H35ClN6/c1-17-6-11-33(15-17)26-25(27)21(19-7-9-32(10-8-19)16-18-2-3-18)12-23(31-26)30-24-14-28-22(13-29-24)20-4-5-20/h12-14,17-20H,2-11,15-16H2,1H3,(H,29,30,31). The summed E-state index contributed by atoms with van der Waals surface area (Å²) >= 11 is 7.06. The maximum absolute atomic E-state index is 7.06. The van der Waals surface area contributed by atoms with Gasteiger partial charge in [-0.3, -0.25) is 4.98 Å². The molecule has 1 N–H and O–H groups in total. The summed E-state index contributed by atoms with van der Waals surface area (Å²) in [5.74, 6) is 5.24. The van der Waals surface area contributed by atoms with Crippen LogP contribution in [0.2, 0.25) is 5.02 Å². The number of nitrogens with one attached hydrogen (secondary N) is 1. The van der Waals surface area contributed by atoms with Crippen LogP contribution in [0.3, 0.4) is 0 Å². The Morgan fingerprint density at radius 3 is 2.39 bits per heavy atom. The second kappa shape index (κ2) is 9.03. The Hall–Kier alpha value is -1.92. The SMILES string of the molecule is CC1CCN(c2nc(Nc3cnc(C4CC4)cn3)cc(C3CCN(CC4CC4)CC3)c2Cl)C1. The number of pyridine rings is 1. The number of nitrogens with zero attached hydrogens (tertiary/aromatic N) is 5. The normalized spacial score (nSPS) is 24.4. The van der Waals surface area contributed by atoms with E-state index >= 15 is 0 Å². The smallest absolute Gasteiger partial charge is 0.150 e.